The molecule has 0 fully saturated rings. The van der Waals surface area contributed by atoms with Crippen molar-refractivity contribution in [1.29, 1.82) is 0 Å². The molecule has 1 aliphatic rings. The minimum atomic E-state index is -3.75. The monoisotopic (exact) mass is 468 g/mol. The average molecular weight is 469 g/mol. The molecule has 6 nitrogen and oxygen atoms in total. The lowest BCUT2D eigenvalue weighted by atomic mass is 10.0. The van der Waals surface area contributed by atoms with Crippen LogP contribution in [0.3, 0.4) is 0 Å². The Balaban J connectivity index is 1.50. The Morgan fingerprint density at radius 2 is 1.82 bits per heavy atom. The highest BCUT2D eigenvalue weighted by atomic mass is 32.2. The molecule has 3 aromatic carbocycles. The summed E-state index contributed by atoms with van der Waals surface area (Å²) in [5.74, 6) is -0.763. The van der Waals surface area contributed by atoms with E-state index < -0.39 is 21.9 Å². The average Bonchev–Trinajstić information content (AvgIpc) is 2.83. The first-order valence-corrected chi connectivity index (χ1v) is 12.1. The smallest absolute Gasteiger partial charge is 0.264 e. The summed E-state index contributed by atoms with van der Waals surface area (Å²) in [6.07, 6.45) is 1.60. The Bertz CT molecular complexity index is 1280. The maximum Gasteiger partial charge on any atom is 0.264 e. The van der Waals surface area contributed by atoms with Gasteiger partial charge in [0.15, 0.2) is 11.6 Å². The molecule has 1 unspecified atom stereocenters. The third kappa shape index (κ3) is 4.57. The summed E-state index contributed by atoms with van der Waals surface area (Å²) in [5, 5.41) is 2.81. The molecule has 0 aliphatic carbocycles. The number of carbonyl (C=O) groups excluding carboxylic acids is 1. The first-order chi connectivity index (χ1) is 15.8. The van der Waals surface area contributed by atoms with Crippen LogP contribution in [-0.2, 0) is 16.4 Å². The Morgan fingerprint density at radius 1 is 1.09 bits per heavy atom. The predicted octanol–water partition coefficient (Wildman–Crippen LogP) is 4.47. The van der Waals surface area contributed by atoms with Crippen molar-refractivity contribution in [2.45, 2.75) is 30.7 Å². The number of fused-ring (bicyclic) bond motifs is 1. The number of benzene rings is 3. The van der Waals surface area contributed by atoms with Gasteiger partial charge in [0.05, 0.1) is 23.7 Å². The maximum atomic E-state index is 14.0. The number of halogens is 1. The van der Waals surface area contributed by atoms with E-state index in [-0.39, 0.29) is 16.6 Å². The van der Waals surface area contributed by atoms with Gasteiger partial charge in [-0.15, -0.1) is 0 Å². The number of sulfonamides is 1. The molecular weight excluding hydrogens is 443 g/mol. The summed E-state index contributed by atoms with van der Waals surface area (Å²) in [6, 6.07) is 17.4. The molecule has 0 bridgehead atoms. The van der Waals surface area contributed by atoms with Gasteiger partial charge in [-0.2, -0.15) is 0 Å². The Hall–Kier alpha value is -3.39. The van der Waals surface area contributed by atoms with Gasteiger partial charge < -0.3 is 10.1 Å². The molecule has 1 heterocycles. The minimum Gasteiger partial charge on any atom is -0.494 e. The summed E-state index contributed by atoms with van der Waals surface area (Å²) in [5.41, 5.74) is 2.61. The molecule has 1 N–H and O–H groups in total. The predicted molar refractivity (Wildman–Crippen MR) is 125 cm³/mol. The summed E-state index contributed by atoms with van der Waals surface area (Å²) in [4.78, 5) is 12.8. The summed E-state index contributed by atoms with van der Waals surface area (Å²) >= 11 is 0. The van der Waals surface area contributed by atoms with E-state index in [9.17, 15) is 17.6 Å². The maximum absolute atomic E-state index is 14.0. The zero-order valence-corrected chi connectivity index (χ0v) is 19.2. The van der Waals surface area contributed by atoms with Gasteiger partial charge in [0, 0.05) is 12.1 Å². The molecule has 4 rings (SSSR count). The van der Waals surface area contributed by atoms with Crippen LogP contribution in [0.15, 0.2) is 71.6 Å². The van der Waals surface area contributed by atoms with Gasteiger partial charge in [0.2, 0.25) is 0 Å². The van der Waals surface area contributed by atoms with E-state index in [0.29, 0.717) is 23.4 Å². The van der Waals surface area contributed by atoms with Crippen molar-refractivity contribution in [2.24, 2.45) is 0 Å². The molecule has 0 radical (unpaired) electrons. The van der Waals surface area contributed by atoms with Crippen molar-refractivity contribution in [3.63, 3.8) is 0 Å². The third-order valence-corrected chi connectivity index (χ3v) is 7.62. The van der Waals surface area contributed by atoms with E-state index in [1.165, 1.54) is 47.8 Å². The Kier molecular flexibility index (Phi) is 6.37. The number of rotatable bonds is 6. The fraction of sp³-hybridized carbons (Fsp3) is 0.240. The van der Waals surface area contributed by atoms with E-state index in [4.69, 9.17) is 4.74 Å². The SMILES string of the molecule is COc1ccc(C(C)NC(=O)c2ccc(S(=O)(=O)N3CCCc4ccccc43)cc2)cc1F. The van der Waals surface area contributed by atoms with Gasteiger partial charge in [-0.25, -0.2) is 12.8 Å². The van der Waals surface area contributed by atoms with Gasteiger partial charge >= 0.3 is 0 Å². The van der Waals surface area contributed by atoms with E-state index in [0.717, 1.165) is 18.4 Å². The fourth-order valence-electron chi connectivity index (χ4n) is 3.97. The molecule has 0 saturated heterocycles. The molecule has 1 amide bonds. The topological polar surface area (TPSA) is 75.7 Å². The lowest BCUT2D eigenvalue weighted by Crippen LogP contribution is -2.35. The second-order valence-corrected chi connectivity index (χ2v) is 9.79. The van der Waals surface area contributed by atoms with Crippen molar-refractivity contribution in [3.8, 4) is 5.75 Å². The molecule has 33 heavy (non-hydrogen) atoms. The minimum absolute atomic E-state index is 0.126. The second-order valence-electron chi connectivity index (χ2n) is 7.92. The number of hydrogen-bond donors (Lipinski definition) is 1. The fourth-order valence-corrected chi connectivity index (χ4v) is 5.51. The van der Waals surface area contributed by atoms with Gasteiger partial charge in [-0.3, -0.25) is 9.10 Å². The van der Waals surface area contributed by atoms with Crippen molar-refractivity contribution in [3.05, 3.63) is 89.2 Å². The summed E-state index contributed by atoms with van der Waals surface area (Å²) < 4.78 is 46.8. The van der Waals surface area contributed by atoms with Gasteiger partial charge in [0.1, 0.15) is 0 Å². The number of nitrogens with zero attached hydrogens (tertiary/aromatic N) is 1. The molecule has 3 aromatic rings. The molecule has 8 heteroatoms. The molecule has 0 spiro atoms. The summed E-state index contributed by atoms with van der Waals surface area (Å²) in [7, 11) is -2.36. The highest BCUT2D eigenvalue weighted by Crippen LogP contribution is 2.32. The highest BCUT2D eigenvalue weighted by molar-refractivity contribution is 7.92. The van der Waals surface area contributed by atoms with Crippen LogP contribution in [0.2, 0.25) is 0 Å². The van der Waals surface area contributed by atoms with Gasteiger partial charge in [0.25, 0.3) is 15.9 Å². The normalized spacial score (nSPS) is 14.3. The first-order valence-electron chi connectivity index (χ1n) is 10.7. The van der Waals surface area contributed by atoms with Gasteiger partial charge in [-0.05, 0) is 73.4 Å². The van der Waals surface area contributed by atoms with Crippen LogP contribution in [-0.4, -0.2) is 28.0 Å². The third-order valence-electron chi connectivity index (χ3n) is 5.80. The van der Waals surface area contributed by atoms with Crippen LogP contribution in [0.25, 0.3) is 0 Å². The number of amides is 1. The first kappa shape index (κ1) is 22.8. The van der Waals surface area contributed by atoms with Crippen LogP contribution in [0.4, 0.5) is 10.1 Å². The van der Waals surface area contributed by atoms with Crippen LogP contribution in [0, 0.1) is 5.82 Å². The number of nitrogens with one attached hydrogen (secondary N) is 1. The number of para-hydroxylation sites is 1. The molecule has 0 saturated carbocycles. The van der Waals surface area contributed by atoms with E-state index in [2.05, 4.69) is 5.32 Å². The lowest BCUT2D eigenvalue weighted by Gasteiger charge is -2.30. The Morgan fingerprint density at radius 3 is 2.52 bits per heavy atom. The largest absolute Gasteiger partial charge is 0.494 e. The van der Waals surface area contributed by atoms with Crippen LogP contribution >= 0.6 is 0 Å². The highest BCUT2D eigenvalue weighted by Gasteiger charge is 2.29. The number of carbonyl (C=O) groups is 1. The van der Waals surface area contributed by atoms with Crippen LogP contribution in [0.1, 0.15) is 40.9 Å². The van der Waals surface area contributed by atoms with Crippen molar-refractivity contribution in [1.82, 2.24) is 5.32 Å². The van der Waals surface area contributed by atoms with E-state index in [1.807, 2.05) is 24.3 Å². The zero-order chi connectivity index (χ0) is 23.6. The van der Waals surface area contributed by atoms with Crippen LogP contribution < -0.4 is 14.4 Å². The molecule has 1 aliphatic heterocycles. The van der Waals surface area contributed by atoms with E-state index >= 15 is 0 Å². The molecule has 172 valence electrons. The van der Waals surface area contributed by atoms with E-state index in [1.54, 1.807) is 13.0 Å². The van der Waals surface area contributed by atoms with Crippen molar-refractivity contribution < 1.29 is 22.3 Å². The second kappa shape index (κ2) is 9.23. The standard InChI is InChI=1S/C25H25FN2O4S/c1-17(20-11-14-24(32-2)22(26)16-20)27-25(29)19-9-12-21(13-10-19)33(30,31)28-15-5-7-18-6-3-4-8-23(18)28/h3-4,6,8-14,16-17H,5,7,15H2,1-2H3,(H,27,29). The number of anilines is 1. The molecule has 1 atom stereocenters. The number of aryl methyl sites for hydroxylation is 1. The lowest BCUT2D eigenvalue weighted by molar-refractivity contribution is 0.0939. The zero-order valence-electron chi connectivity index (χ0n) is 18.4. The van der Waals surface area contributed by atoms with Gasteiger partial charge in [-0.1, -0.05) is 24.3 Å². The number of hydrogen-bond acceptors (Lipinski definition) is 4. The number of ether oxygens (including phenoxy) is 1. The number of methoxy groups -OCH3 is 1. The van der Waals surface area contributed by atoms with Crippen molar-refractivity contribution >= 4 is 21.6 Å². The molecule has 0 aromatic heterocycles. The molecular formula is C25H25FN2O4S. The Labute approximate surface area is 193 Å². The quantitative estimate of drug-likeness (QED) is 0.579. The van der Waals surface area contributed by atoms with Crippen LogP contribution in [0.5, 0.6) is 5.75 Å². The van der Waals surface area contributed by atoms with Crippen molar-refractivity contribution in [2.75, 3.05) is 18.0 Å². The summed E-state index contributed by atoms with van der Waals surface area (Å²) in [6.45, 7) is 2.16.